The Kier molecular flexibility index (Phi) is 2.16. The van der Waals surface area contributed by atoms with Crippen LogP contribution in [0.5, 0.6) is 5.75 Å². The van der Waals surface area contributed by atoms with Crippen LogP contribution < -0.4 is 0 Å². The van der Waals surface area contributed by atoms with E-state index in [2.05, 4.69) is 0 Å². The van der Waals surface area contributed by atoms with Gasteiger partial charge in [-0.2, -0.15) is 0 Å². The lowest BCUT2D eigenvalue weighted by Crippen LogP contribution is -2.02. The lowest BCUT2D eigenvalue weighted by atomic mass is 10.2. The maximum atomic E-state index is 13.1. The Morgan fingerprint density at radius 2 is 2.20 bits per heavy atom. The summed E-state index contributed by atoms with van der Waals surface area (Å²) in [4.78, 5) is 11.2. The zero-order valence-electron chi connectivity index (χ0n) is 7.79. The number of aromatic hydroxyl groups is 1. The van der Waals surface area contributed by atoms with Crippen molar-refractivity contribution in [1.29, 1.82) is 0 Å². The van der Waals surface area contributed by atoms with Crippen molar-refractivity contribution in [3.63, 3.8) is 0 Å². The number of halogens is 2. The molecule has 0 fully saturated rings. The minimum atomic E-state index is -0.624. The maximum Gasteiger partial charge on any atom is 0.228 e. The molecule has 0 amide bonds. The molecular formula is C10H7ClFNO2. The molecule has 1 N–H and O–H groups in total. The minimum absolute atomic E-state index is 0.159. The zero-order valence-corrected chi connectivity index (χ0v) is 8.55. The number of fused-ring (bicyclic) bond motifs is 1. The van der Waals surface area contributed by atoms with Crippen molar-refractivity contribution < 1.29 is 14.3 Å². The highest BCUT2D eigenvalue weighted by Gasteiger charge is 2.15. The number of aromatic nitrogens is 1. The molecule has 2 rings (SSSR count). The molecule has 2 aromatic rings. The molecule has 0 atom stereocenters. The summed E-state index contributed by atoms with van der Waals surface area (Å²) in [5.41, 5.74) is 0.395. The fourth-order valence-electron chi connectivity index (χ4n) is 1.50. The largest absolute Gasteiger partial charge is 0.506 e. The summed E-state index contributed by atoms with van der Waals surface area (Å²) < 4.78 is 14.3. The average Bonchev–Trinajstić information content (AvgIpc) is 2.50. The summed E-state index contributed by atoms with van der Waals surface area (Å²) in [5, 5.41) is 9.51. The molecule has 0 saturated carbocycles. The van der Waals surface area contributed by atoms with Crippen LogP contribution >= 0.6 is 11.6 Å². The second-order valence-corrected chi connectivity index (χ2v) is 3.54. The van der Waals surface area contributed by atoms with Crippen molar-refractivity contribution in [2.75, 3.05) is 0 Å². The fourth-order valence-corrected chi connectivity index (χ4v) is 1.76. The van der Waals surface area contributed by atoms with Gasteiger partial charge in [-0.15, -0.1) is 0 Å². The number of hydrogen-bond donors (Lipinski definition) is 1. The highest BCUT2D eigenvalue weighted by Crippen LogP contribution is 2.34. The van der Waals surface area contributed by atoms with E-state index in [-0.39, 0.29) is 22.1 Å². The topological polar surface area (TPSA) is 42.2 Å². The van der Waals surface area contributed by atoms with Gasteiger partial charge >= 0.3 is 0 Å². The highest BCUT2D eigenvalue weighted by atomic mass is 35.5. The molecule has 15 heavy (non-hydrogen) atoms. The van der Waals surface area contributed by atoms with Crippen LogP contribution in [0, 0.1) is 5.82 Å². The first-order chi connectivity index (χ1) is 7.02. The van der Waals surface area contributed by atoms with Gasteiger partial charge < -0.3 is 5.11 Å². The third-order valence-corrected chi connectivity index (χ3v) is 2.55. The van der Waals surface area contributed by atoms with Gasteiger partial charge in [-0.1, -0.05) is 11.6 Å². The van der Waals surface area contributed by atoms with Gasteiger partial charge in [-0.3, -0.25) is 9.36 Å². The van der Waals surface area contributed by atoms with Crippen molar-refractivity contribution in [3.05, 3.63) is 29.2 Å². The van der Waals surface area contributed by atoms with Crippen molar-refractivity contribution in [3.8, 4) is 5.75 Å². The Morgan fingerprint density at radius 3 is 2.80 bits per heavy atom. The van der Waals surface area contributed by atoms with E-state index in [0.717, 1.165) is 6.07 Å². The lowest BCUT2D eigenvalue weighted by Gasteiger charge is -2.00. The molecule has 0 unspecified atom stereocenters. The van der Waals surface area contributed by atoms with Crippen LogP contribution in [0.25, 0.3) is 10.9 Å². The summed E-state index contributed by atoms with van der Waals surface area (Å²) in [6.07, 6.45) is 1.22. The predicted molar refractivity (Wildman–Crippen MR) is 54.9 cm³/mol. The molecule has 0 spiro atoms. The van der Waals surface area contributed by atoms with Crippen molar-refractivity contribution in [2.45, 2.75) is 6.92 Å². The van der Waals surface area contributed by atoms with Gasteiger partial charge in [0.2, 0.25) is 5.91 Å². The van der Waals surface area contributed by atoms with Crippen LogP contribution in [0.1, 0.15) is 11.7 Å². The minimum Gasteiger partial charge on any atom is -0.506 e. The molecule has 0 aliphatic heterocycles. The molecule has 5 heteroatoms. The van der Waals surface area contributed by atoms with E-state index >= 15 is 0 Å². The van der Waals surface area contributed by atoms with E-state index in [1.54, 1.807) is 0 Å². The Balaban J connectivity index is 2.92. The lowest BCUT2D eigenvalue weighted by molar-refractivity contribution is 0.0941. The third-order valence-electron chi connectivity index (χ3n) is 2.18. The average molecular weight is 228 g/mol. The first-order valence-electron chi connectivity index (χ1n) is 4.21. The van der Waals surface area contributed by atoms with E-state index in [9.17, 15) is 14.3 Å². The van der Waals surface area contributed by atoms with Gasteiger partial charge in [0.25, 0.3) is 0 Å². The number of carbonyl (C=O) groups excluding carboxylic acids is 1. The fraction of sp³-hybridized carbons (Fsp3) is 0.100. The second kappa shape index (κ2) is 3.24. The summed E-state index contributed by atoms with van der Waals surface area (Å²) >= 11 is 5.69. The molecule has 0 bridgehead atoms. The normalized spacial score (nSPS) is 10.9. The van der Waals surface area contributed by atoms with Crippen LogP contribution in [-0.4, -0.2) is 15.6 Å². The number of hydrogen-bond acceptors (Lipinski definition) is 2. The molecule has 1 aromatic heterocycles. The zero-order chi connectivity index (χ0) is 11.2. The van der Waals surface area contributed by atoms with Gasteiger partial charge in [0, 0.05) is 6.92 Å². The Morgan fingerprint density at radius 1 is 1.53 bits per heavy atom. The van der Waals surface area contributed by atoms with Crippen molar-refractivity contribution in [1.82, 2.24) is 4.57 Å². The van der Waals surface area contributed by atoms with Gasteiger partial charge in [0.05, 0.1) is 22.1 Å². The number of carbonyl (C=O) groups is 1. The van der Waals surface area contributed by atoms with E-state index in [0.29, 0.717) is 5.52 Å². The molecule has 78 valence electrons. The van der Waals surface area contributed by atoms with Gasteiger partial charge in [0.1, 0.15) is 11.6 Å². The SMILES string of the molecule is CC(=O)n1cc(O)c2c(Cl)c(F)ccc21. The van der Waals surface area contributed by atoms with E-state index in [4.69, 9.17) is 11.6 Å². The smallest absolute Gasteiger partial charge is 0.228 e. The Hall–Kier alpha value is -1.55. The van der Waals surface area contributed by atoms with E-state index in [1.165, 1.54) is 23.8 Å². The second-order valence-electron chi connectivity index (χ2n) is 3.16. The standard InChI is InChI=1S/C10H7ClFNO2/c1-5(14)13-4-8(15)9-7(13)3-2-6(12)10(9)11/h2-4,15H,1H3. The van der Waals surface area contributed by atoms with Crippen LogP contribution in [0.15, 0.2) is 18.3 Å². The van der Waals surface area contributed by atoms with Gasteiger partial charge in [0.15, 0.2) is 0 Å². The van der Waals surface area contributed by atoms with Crippen LogP contribution in [0.4, 0.5) is 4.39 Å². The molecule has 0 saturated heterocycles. The molecule has 0 radical (unpaired) electrons. The molecule has 1 aromatic carbocycles. The Labute approximate surface area is 89.7 Å². The molecule has 0 aliphatic carbocycles. The summed E-state index contributed by atoms with van der Waals surface area (Å²) in [6.45, 7) is 1.34. The molecule has 3 nitrogen and oxygen atoms in total. The van der Waals surface area contributed by atoms with Gasteiger partial charge in [-0.25, -0.2) is 4.39 Å². The summed E-state index contributed by atoms with van der Waals surface area (Å²) in [7, 11) is 0. The summed E-state index contributed by atoms with van der Waals surface area (Å²) in [5.74, 6) is -1.10. The van der Waals surface area contributed by atoms with Crippen LogP contribution in [0.3, 0.4) is 0 Å². The molecular weight excluding hydrogens is 221 g/mol. The predicted octanol–water partition coefficient (Wildman–Crippen LogP) is 2.80. The number of nitrogens with zero attached hydrogens (tertiary/aromatic N) is 1. The summed E-state index contributed by atoms with van der Waals surface area (Å²) in [6, 6.07) is 2.56. The monoisotopic (exact) mass is 227 g/mol. The van der Waals surface area contributed by atoms with E-state index < -0.39 is 5.82 Å². The number of rotatable bonds is 0. The van der Waals surface area contributed by atoms with Crippen LogP contribution in [0.2, 0.25) is 5.02 Å². The highest BCUT2D eigenvalue weighted by molar-refractivity contribution is 6.36. The van der Waals surface area contributed by atoms with Gasteiger partial charge in [-0.05, 0) is 12.1 Å². The first-order valence-corrected chi connectivity index (χ1v) is 4.59. The Bertz CT molecular complexity index is 562. The number of benzene rings is 1. The van der Waals surface area contributed by atoms with Crippen molar-refractivity contribution in [2.24, 2.45) is 0 Å². The van der Waals surface area contributed by atoms with Crippen molar-refractivity contribution >= 4 is 28.4 Å². The first kappa shape index (κ1) is 9.98. The third kappa shape index (κ3) is 1.37. The molecule has 0 aliphatic rings. The van der Waals surface area contributed by atoms with E-state index in [1.807, 2.05) is 0 Å². The quantitative estimate of drug-likeness (QED) is 0.752. The van der Waals surface area contributed by atoms with Crippen LogP contribution in [-0.2, 0) is 0 Å². The maximum absolute atomic E-state index is 13.1. The molecule has 1 heterocycles.